The molecule has 2 aromatic heterocycles. The summed E-state index contributed by atoms with van der Waals surface area (Å²) < 4.78 is 19.1. The number of ether oxygens (including phenoxy) is 1. The van der Waals surface area contributed by atoms with E-state index in [4.69, 9.17) is 9.72 Å². The number of nitrogens with zero attached hydrogens (tertiary/aromatic N) is 4. The van der Waals surface area contributed by atoms with Gasteiger partial charge in [-0.05, 0) is 48.9 Å². The van der Waals surface area contributed by atoms with E-state index in [0.29, 0.717) is 6.54 Å². The maximum Gasteiger partial charge on any atom is 0.141 e. The Morgan fingerprint density at radius 2 is 2.03 bits per heavy atom. The SMILES string of the molecule is COc1ccc(F)cc1CN1CCN(c2ncnc3sc4c(c23)C[C@@H](C)CC4)CC1. The Labute approximate surface area is 180 Å². The number of thiophene rings is 1. The van der Waals surface area contributed by atoms with E-state index < -0.39 is 0 Å². The lowest BCUT2D eigenvalue weighted by Crippen LogP contribution is -2.46. The third-order valence-corrected chi connectivity index (χ3v) is 7.58. The molecule has 1 atom stereocenters. The molecule has 1 fully saturated rings. The summed E-state index contributed by atoms with van der Waals surface area (Å²) in [5.74, 6) is 2.34. The Morgan fingerprint density at radius 3 is 2.83 bits per heavy atom. The molecule has 0 saturated carbocycles. The second-order valence-corrected chi connectivity index (χ2v) is 9.53. The number of aromatic nitrogens is 2. The fourth-order valence-corrected chi connectivity index (χ4v) is 5.91. The molecular formula is C23H27FN4OS. The molecule has 0 spiro atoms. The molecule has 1 saturated heterocycles. The molecule has 3 heterocycles. The van der Waals surface area contributed by atoms with Crippen molar-refractivity contribution in [2.45, 2.75) is 32.7 Å². The van der Waals surface area contributed by atoms with Crippen molar-refractivity contribution >= 4 is 27.4 Å². The second-order valence-electron chi connectivity index (χ2n) is 8.45. The molecule has 5 rings (SSSR count). The van der Waals surface area contributed by atoms with Crippen LogP contribution in [0.25, 0.3) is 10.2 Å². The summed E-state index contributed by atoms with van der Waals surface area (Å²) in [6, 6.07) is 4.74. The number of hydrogen-bond acceptors (Lipinski definition) is 6. The number of benzene rings is 1. The van der Waals surface area contributed by atoms with E-state index in [1.807, 2.05) is 11.3 Å². The van der Waals surface area contributed by atoms with Crippen molar-refractivity contribution in [3.8, 4) is 5.75 Å². The van der Waals surface area contributed by atoms with Crippen LogP contribution in [0.1, 0.15) is 29.3 Å². The predicted octanol–water partition coefficient (Wildman–Crippen LogP) is 4.29. The molecule has 0 unspecified atom stereocenters. The second kappa shape index (κ2) is 8.12. The highest BCUT2D eigenvalue weighted by atomic mass is 32.1. The van der Waals surface area contributed by atoms with Crippen molar-refractivity contribution in [3.63, 3.8) is 0 Å². The quantitative estimate of drug-likeness (QED) is 0.623. The van der Waals surface area contributed by atoms with E-state index in [2.05, 4.69) is 21.7 Å². The Morgan fingerprint density at radius 1 is 1.20 bits per heavy atom. The molecule has 5 nitrogen and oxygen atoms in total. The summed E-state index contributed by atoms with van der Waals surface area (Å²) in [6.45, 7) is 6.67. The molecule has 1 aromatic carbocycles. The topological polar surface area (TPSA) is 41.5 Å². The molecule has 0 radical (unpaired) electrons. The lowest BCUT2D eigenvalue weighted by molar-refractivity contribution is 0.245. The van der Waals surface area contributed by atoms with Crippen LogP contribution >= 0.6 is 11.3 Å². The van der Waals surface area contributed by atoms with Crippen LogP contribution in [0.4, 0.5) is 10.2 Å². The molecule has 158 valence electrons. The van der Waals surface area contributed by atoms with Gasteiger partial charge in [0.2, 0.25) is 0 Å². The van der Waals surface area contributed by atoms with Crippen molar-refractivity contribution in [3.05, 3.63) is 46.3 Å². The normalized spacial score (nSPS) is 19.8. The average Bonchev–Trinajstić information content (AvgIpc) is 3.12. The van der Waals surface area contributed by atoms with Crippen molar-refractivity contribution in [2.24, 2.45) is 5.92 Å². The molecule has 2 aliphatic rings. The summed E-state index contributed by atoms with van der Waals surface area (Å²) >= 11 is 1.85. The molecule has 3 aromatic rings. The van der Waals surface area contributed by atoms with Gasteiger partial charge in [0.1, 0.15) is 28.5 Å². The molecule has 7 heteroatoms. The molecule has 0 bridgehead atoms. The zero-order chi connectivity index (χ0) is 20.7. The highest BCUT2D eigenvalue weighted by molar-refractivity contribution is 7.19. The first-order chi connectivity index (χ1) is 14.6. The number of halogens is 1. The smallest absolute Gasteiger partial charge is 0.141 e. The fourth-order valence-electron chi connectivity index (χ4n) is 4.73. The van der Waals surface area contributed by atoms with Crippen LogP contribution in [0.3, 0.4) is 0 Å². The summed E-state index contributed by atoms with van der Waals surface area (Å²) in [6.07, 6.45) is 5.28. The Bertz CT molecular complexity index is 1060. The van der Waals surface area contributed by atoms with E-state index in [9.17, 15) is 4.39 Å². The van der Waals surface area contributed by atoms with Crippen LogP contribution in [0.5, 0.6) is 5.75 Å². The third kappa shape index (κ3) is 3.65. The van der Waals surface area contributed by atoms with Crippen molar-refractivity contribution < 1.29 is 9.13 Å². The number of piperazine rings is 1. The maximum absolute atomic E-state index is 13.7. The predicted molar refractivity (Wildman–Crippen MR) is 119 cm³/mol. The summed E-state index contributed by atoms with van der Waals surface area (Å²) in [5, 5.41) is 1.28. The van der Waals surface area contributed by atoms with E-state index in [1.54, 1.807) is 25.6 Å². The van der Waals surface area contributed by atoms with Gasteiger partial charge < -0.3 is 9.64 Å². The van der Waals surface area contributed by atoms with Crippen LogP contribution in [0, 0.1) is 11.7 Å². The van der Waals surface area contributed by atoms with E-state index in [1.165, 1.54) is 34.7 Å². The van der Waals surface area contributed by atoms with E-state index >= 15 is 0 Å². The minimum absolute atomic E-state index is 0.218. The van der Waals surface area contributed by atoms with Gasteiger partial charge in [-0.3, -0.25) is 4.90 Å². The summed E-state index contributed by atoms with van der Waals surface area (Å²) in [5.41, 5.74) is 2.38. The summed E-state index contributed by atoms with van der Waals surface area (Å²) in [7, 11) is 1.64. The first-order valence-corrected chi connectivity index (χ1v) is 11.5. The molecule has 0 amide bonds. The number of hydrogen-bond donors (Lipinski definition) is 0. The molecular weight excluding hydrogens is 399 g/mol. The largest absolute Gasteiger partial charge is 0.496 e. The molecule has 1 aliphatic heterocycles. The van der Waals surface area contributed by atoms with Crippen LogP contribution in [0.2, 0.25) is 0 Å². The molecule has 30 heavy (non-hydrogen) atoms. The van der Waals surface area contributed by atoms with Crippen LogP contribution < -0.4 is 9.64 Å². The Kier molecular flexibility index (Phi) is 5.33. The number of anilines is 1. The van der Waals surface area contributed by atoms with Crippen molar-refractivity contribution in [1.82, 2.24) is 14.9 Å². The highest BCUT2D eigenvalue weighted by Gasteiger charge is 2.27. The van der Waals surface area contributed by atoms with Crippen LogP contribution in [0.15, 0.2) is 24.5 Å². The van der Waals surface area contributed by atoms with Gasteiger partial charge in [0, 0.05) is 43.2 Å². The van der Waals surface area contributed by atoms with Gasteiger partial charge in [0.25, 0.3) is 0 Å². The Balaban J connectivity index is 1.35. The van der Waals surface area contributed by atoms with Gasteiger partial charge in [-0.25, -0.2) is 14.4 Å². The monoisotopic (exact) mass is 426 g/mol. The Hall–Kier alpha value is -2.25. The zero-order valence-corrected chi connectivity index (χ0v) is 18.3. The fraction of sp³-hybridized carbons (Fsp3) is 0.478. The first kappa shape index (κ1) is 19.7. The van der Waals surface area contributed by atoms with Gasteiger partial charge in [-0.1, -0.05) is 6.92 Å². The van der Waals surface area contributed by atoms with E-state index in [-0.39, 0.29) is 5.82 Å². The zero-order valence-electron chi connectivity index (χ0n) is 17.5. The number of rotatable bonds is 4. The maximum atomic E-state index is 13.7. The standard InChI is InChI=1S/C23H27FN4OS/c1-15-3-6-20-18(11-15)21-22(25-14-26-23(21)30-20)28-9-7-27(8-10-28)13-16-12-17(24)4-5-19(16)29-2/h4-5,12,14-15H,3,6-11,13H2,1-2H3/t15-/m0/s1. The number of fused-ring (bicyclic) bond motifs is 3. The average molecular weight is 427 g/mol. The van der Waals surface area contributed by atoms with Gasteiger partial charge in [-0.2, -0.15) is 0 Å². The van der Waals surface area contributed by atoms with Gasteiger partial charge in [-0.15, -0.1) is 11.3 Å². The van der Waals surface area contributed by atoms with Gasteiger partial charge >= 0.3 is 0 Å². The number of methoxy groups -OCH3 is 1. The first-order valence-electron chi connectivity index (χ1n) is 10.7. The van der Waals surface area contributed by atoms with Crippen molar-refractivity contribution in [1.29, 1.82) is 0 Å². The van der Waals surface area contributed by atoms with Gasteiger partial charge in [0.15, 0.2) is 0 Å². The van der Waals surface area contributed by atoms with Gasteiger partial charge in [0.05, 0.1) is 12.5 Å². The van der Waals surface area contributed by atoms with Crippen molar-refractivity contribution in [2.75, 3.05) is 38.2 Å². The third-order valence-electron chi connectivity index (χ3n) is 6.38. The highest BCUT2D eigenvalue weighted by Crippen LogP contribution is 2.40. The van der Waals surface area contributed by atoms with E-state index in [0.717, 1.165) is 60.5 Å². The lowest BCUT2D eigenvalue weighted by Gasteiger charge is -2.36. The molecule has 0 N–H and O–H groups in total. The van der Waals surface area contributed by atoms with Crippen LogP contribution in [-0.4, -0.2) is 48.2 Å². The summed E-state index contributed by atoms with van der Waals surface area (Å²) in [4.78, 5) is 16.7. The van der Waals surface area contributed by atoms with Crippen LogP contribution in [-0.2, 0) is 19.4 Å². The number of aryl methyl sites for hydroxylation is 1. The minimum Gasteiger partial charge on any atom is -0.496 e. The molecule has 1 aliphatic carbocycles. The lowest BCUT2D eigenvalue weighted by atomic mass is 9.88. The minimum atomic E-state index is -0.218.